The van der Waals surface area contributed by atoms with E-state index in [4.69, 9.17) is 9.47 Å². The number of aromatic nitrogens is 1. The molecule has 5 nitrogen and oxygen atoms in total. The lowest BCUT2D eigenvalue weighted by Crippen LogP contribution is -2.34. The second-order valence-corrected chi connectivity index (χ2v) is 6.58. The van der Waals surface area contributed by atoms with Gasteiger partial charge in [0.05, 0.1) is 14.2 Å². The number of H-pyrrole nitrogens is 1. The quantitative estimate of drug-likeness (QED) is 0.719. The molecule has 0 aliphatic carbocycles. The molecule has 1 aliphatic heterocycles. The summed E-state index contributed by atoms with van der Waals surface area (Å²) in [4.78, 5) is 18.1. The van der Waals surface area contributed by atoms with Gasteiger partial charge in [0.25, 0.3) is 0 Å². The van der Waals surface area contributed by atoms with Gasteiger partial charge in [0.15, 0.2) is 0 Å². The molecule has 2 aromatic carbocycles. The van der Waals surface area contributed by atoms with E-state index in [0.29, 0.717) is 18.8 Å². The second-order valence-electron chi connectivity index (χ2n) is 6.58. The minimum Gasteiger partial charge on any atom is -0.497 e. The molecule has 2 heterocycles. The van der Waals surface area contributed by atoms with Crippen molar-refractivity contribution in [3.05, 3.63) is 65.4 Å². The van der Waals surface area contributed by atoms with Gasteiger partial charge in [-0.15, -0.1) is 0 Å². The summed E-state index contributed by atoms with van der Waals surface area (Å²) in [7, 11) is 3.23. The van der Waals surface area contributed by atoms with Gasteiger partial charge in [0.2, 0.25) is 5.91 Å². The molecule has 1 amide bonds. The Morgan fingerprint density at radius 3 is 2.81 bits per heavy atom. The number of benzene rings is 2. The summed E-state index contributed by atoms with van der Waals surface area (Å²) in [6.45, 7) is 1.33. The largest absolute Gasteiger partial charge is 0.497 e. The van der Waals surface area contributed by atoms with E-state index in [1.54, 1.807) is 26.4 Å². The summed E-state index contributed by atoms with van der Waals surface area (Å²) in [5.41, 5.74) is 4.40. The van der Waals surface area contributed by atoms with Crippen molar-refractivity contribution in [1.29, 1.82) is 0 Å². The fraction of sp³-hybridized carbons (Fsp3) is 0.227. The molecule has 1 aromatic heterocycles. The van der Waals surface area contributed by atoms with Gasteiger partial charge in [0, 0.05) is 53.3 Å². The molecule has 0 fully saturated rings. The molecule has 27 heavy (non-hydrogen) atoms. The first kappa shape index (κ1) is 17.2. The summed E-state index contributed by atoms with van der Waals surface area (Å²) >= 11 is 0. The molecule has 1 aliphatic rings. The summed E-state index contributed by atoms with van der Waals surface area (Å²) in [5, 5.41) is 1.20. The summed E-state index contributed by atoms with van der Waals surface area (Å²) in [6.07, 6.45) is 4.23. The van der Waals surface area contributed by atoms with Crippen molar-refractivity contribution in [2.24, 2.45) is 0 Å². The number of ether oxygens (including phenoxy) is 2. The van der Waals surface area contributed by atoms with Gasteiger partial charge in [-0.2, -0.15) is 0 Å². The number of methoxy groups -OCH3 is 2. The molecule has 0 unspecified atom stereocenters. The Hall–Kier alpha value is -3.21. The maximum Gasteiger partial charge on any atom is 0.246 e. The Balaban J connectivity index is 1.55. The predicted octanol–water partition coefficient (Wildman–Crippen LogP) is 3.78. The number of nitrogens with one attached hydrogen (secondary N) is 1. The molecule has 1 N–H and O–H groups in total. The Labute approximate surface area is 158 Å². The number of hydrogen-bond donors (Lipinski definition) is 1. The zero-order chi connectivity index (χ0) is 18.8. The second kappa shape index (κ2) is 7.19. The SMILES string of the molecule is COc1ccc(OC)c(/C=C/C(=O)N2CCc3[nH]c4ccccc4c3C2)c1. The van der Waals surface area contributed by atoms with Crippen LogP contribution < -0.4 is 9.47 Å². The lowest BCUT2D eigenvalue weighted by molar-refractivity contribution is -0.126. The zero-order valence-corrected chi connectivity index (χ0v) is 15.5. The number of hydrogen-bond acceptors (Lipinski definition) is 3. The van der Waals surface area contributed by atoms with Gasteiger partial charge in [-0.25, -0.2) is 0 Å². The van der Waals surface area contributed by atoms with Crippen molar-refractivity contribution >= 4 is 22.9 Å². The number of nitrogens with zero attached hydrogens (tertiary/aromatic N) is 1. The van der Waals surface area contributed by atoms with Crippen LogP contribution in [-0.2, 0) is 17.8 Å². The van der Waals surface area contributed by atoms with Crippen molar-refractivity contribution in [3.63, 3.8) is 0 Å². The smallest absolute Gasteiger partial charge is 0.246 e. The first-order valence-electron chi connectivity index (χ1n) is 8.97. The van der Waals surface area contributed by atoms with Gasteiger partial charge < -0.3 is 19.4 Å². The third kappa shape index (κ3) is 3.28. The van der Waals surface area contributed by atoms with E-state index >= 15 is 0 Å². The molecular weight excluding hydrogens is 340 g/mol. The minimum absolute atomic E-state index is 0.00389. The highest BCUT2D eigenvalue weighted by Gasteiger charge is 2.22. The average Bonchev–Trinajstić information content (AvgIpc) is 3.09. The number of amides is 1. The number of aromatic amines is 1. The minimum atomic E-state index is -0.00389. The van der Waals surface area contributed by atoms with Crippen LogP contribution in [0.25, 0.3) is 17.0 Å². The van der Waals surface area contributed by atoms with Crippen molar-refractivity contribution in [2.45, 2.75) is 13.0 Å². The molecule has 4 rings (SSSR count). The van der Waals surface area contributed by atoms with Gasteiger partial charge in [-0.3, -0.25) is 4.79 Å². The zero-order valence-electron chi connectivity index (χ0n) is 15.5. The van der Waals surface area contributed by atoms with Crippen molar-refractivity contribution in [2.75, 3.05) is 20.8 Å². The number of rotatable bonds is 4. The molecule has 0 saturated heterocycles. The standard InChI is InChI=1S/C22H22N2O3/c1-26-16-8-9-21(27-2)15(13-16)7-10-22(25)24-12-11-20-18(14-24)17-5-3-4-6-19(17)23-20/h3-10,13,23H,11-12,14H2,1-2H3/b10-7+. The molecular formula is C22H22N2O3. The summed E-state index contributed by atoms with van der Waals surface area (Å²) in [5.74, 6) is 1.43. The fourth-order valence-electron chi connectivity index (χ4n) is 3.59. The van der Waals surface area contributed by atoms with E-state index in [1.807, 2.05) is 35.2 Å². The normalized spacial score (nSPS) is 13.8. The van der Waals surface area contributed by atoms with E-state index in [-0.39, 0.29) is 5.91 Å². The monoisotopic (exact) mass is 362 g/mol. The molecule has 0 spiro atoms. The van der Waals surface area contributed by atoms with Crippen molar-refractivity contribution in [3.8, 4) is 11.5 Å². The highest BCUT2D eigenvalue weighted by molar-refractivity contribution is 5.93. The van der Waals surface area contributed by atoms with Gasteiger partial charge in [-0.05, 0) is 30.3 Å². The lowest BCUT2D eigenvalue weighted by atomic mass is 10.0. The Bertz CT molecular complexity index is 1020. The van der Waals surface area contributed by atoms with Crippen LogP contribution in [0.15, 0.2) is 48.5 Å². The molecule has 3 aromatic rings. The number of carbonyl (C=O) groups is 1. The topological polar surface area (TPSA) is 54.6 Å². The molecule has 138 valence electrons. The first-order valence-corrected chi connectivity index (χ1v) is 8.97. The Morgan fingerprint density at radius 2 is 2.00 bits per heavy atom. The first-order chi connectivity index (χ1) is 13.2. The van der Waals surface area contributed by atoms with Crippen LogP contribution in [0.4, 0.5) is 0 Å². The predicted molar refractivity (Wildman–Crippen MR) is 106 cm³/mol. The summed E-state index contributed by atoms with van der Waals surface area (Å²) in [6, 6.07) is 13.8. The van der Waals surface area contributed by atoms with E-state index in [1.165, 1.54) is 16.6 Å². The molecule has 5 heteroatoms. The molecule has 0 atom stereocenters. The maximum absolute atomic E-state index is 12.8. The van der Waals surface area contributed by atoms with Gasteiger partial charge >= 0.3 is 0 Å². The fourth-order valence-corrected chi connectivity index (χ4v) is 3.59. The van der Waals surface area contributed by atoms with Gasteiger partial charge in [0.1, 0.15) is 11.5 Å². The van der Waals surface area contributed by atoms with Crippen LogP contribution in [0, 0.1) is 0 Å². The van der Waals surface area contributed by atoms with Crippen LogP contribution in [0.1, 0.15) is 16.8 Å². The highest BCUT2D eigenvalue weighted by atomic mass is 16.5. The van der Waals surface area contributed by atoms with E-state index in [2.05, 4.69) is 17.1 Å². The molecule has 0 radical (unpaired) electrons. The molecule has 0 bridgehead atoms. The van der Waals surface area contributed by atoms with Crippen LogP contribution in [-0.4, -0.2) is 36.6 Å². The number of para-hydroxylation sites is 1. The maximum atomic E-state index is 12.8. The Morgan fingerprint density at radius 1 is 1.15 bits per heavy atom. The molecule has 0 saturated carbocycles. The van der Waals surface area contributed by atoms with Crippen LogP contribution >= 0.6 is 0 Å². The van der Waals surface area contributed by atoms with Crippen LogP contribution in [0.2, 0.25) is 0 Å². The van der Waals surface area contributed by atoms with E-state index in [9.17, 15) is 4.79 Å². The van der Waals surface area contributed by atoms with Crippen LogP contribution in [0.3, 0.4) is 0 Å². The lowest BCUT2D eigenvalue weighted by Gasteiger charge is -2.26. The third-order valence-corrected chi connectivity index (χ3v) is 5.04. The van der Waals surface area contributed by atoms with Crippen LogP contribution in [0.5, 0.6) is 11.5 Å². The summed E-state index contributed by atoms with van der Waals surface area (Å²) < 4.78 is 10.6. The average molecular weight is 362 g/mol. The number of carbonyl (C=O) groups excluding carboxylic acids is 1. The van der Waals surface area contributed by atoms with Gasteiger partial charge in [-0.1, -0.05) is 18.2 Å². The van der Waals surface area contributed by atoms with E-state index < -0.39 is 0 Å². The Kier molecular flexibility index (Phi) is 4.59. The van der Waals surface area contributed by atoms with Crippen molar-refractivity contribution in [1.82, 2.24) is 9.88 Å². The number of fused-ring (bicyclic) bond motifs is 3. The van der Waals surface area contributed by atoms with E-state index in [0.717, 1.165) is 23.3 Å². The third-order valence-electron chi connectivity index (χ3n) is 5.04. The van der Waals surface area contributed by atoms with Crippen molar-refractivity contribution < 1.29 is 14.3 Å². The highest BCUT2D eigenvalue weighted by Crippen LogP contribution is 2.28.